The van der Waals surface area contributed by atoms with E-state index in [2.05, 4.69) is 0 Å². The van der Waals surface area contributed by atoms with Crippen LogP contribution in [0.4, 0.5) is 0 Å². The zero-order chi connectivity index (χ0) is 21.2. The highest BCUT2D eigenvalue weighted by molar-refractivity contribution is 4.91. The zero-order valence-electron chi connectivity index (χ0n) is 12.1. The highest BCUT2D eigenvalue weighted by atomic mass is 16.8. The smallest absolute Gasteiger partial charge is 0.258 e. The van der Waals surface area contributed by atoms with E-state index in [1.807, 2.05) is 0 Å². The molecule has 0 amide bonds. The summed E-state index contributed by atoms with van der Waals surface area (Å²) in [5, 5.41) is 78.0. The third-order valence-corrected chi connectivity index (χ3v) is 3.42. The monoisotopic (exact) mass is 387 g/mol. The summed E-state index contributed by atoms with van der Waals surface area (Å²) in [5.41, 5.74) is -10.7. The molecule has 0 heterocycles. The lowest BCUT2D eigenvalue weighted by atomic mass is 9.85. The van der Waals surface area contributed by atoms with E-state index in [9.17, 15) is 70.8 Å². The molecule has 26 heavy (non-hydrogen) atoms. The molecule has 0 bridgehead atoms. The van der Waals surface area contributed by atoms with Crippen molar-refractivity contribution in [3.63, 3.8) is 0 Å². The molecule has 0 aromatic heterocycles. The van der Waals surface area contributed by atoms with Gasteiger partial charge in [-0.15, -0.1) is 0 Å². The Bertz CT molecular complexity index is 663. The fourth-order valence-electron chi connectivity index (χ4n) is 2.28. The molecule has 0 saturated heterocycles. The average molecular weight is 387 g/mol. The van der Waals surface area contributed by atoms with E-state index < -0.39 is 58.0 Å². The Labute approximate surface area is 137 Å². The van der Waals surface area contributed by atoms with E-state index in [4.69, 9.17) is 0 Å². The summed E-state index contributed by atoms with van der Waals surface area (Å²) in [4.78, 5) is 59.4. The Morgan fingerprint density at radius 1 is 0.538 bits per heavy atom. The first-order chi connectivity index (χ1) is 11.7. The Morgan fingerprint density at radius 3 is 0.923 bits per heavy atom. The van der Waals surface area contributed by atoms with Gasteiger partial charge in [-0.25, -0.2) is 0 Å². The van der Waals surface area contributed by atoms with Gasteiger partial charge in [0, 0.05) is 0 Å². The second-order valence-corrected chi connectivity index (χ2v) is 4.28. The van der Waals surface area contributed by atoms with Crippen LogP contribution in [0.2, 0.25) is 0 Å². The summed E-state index contributed by atoms with van der Waals surface area (Å²) in [6.07, 6.45) is -1.92. The predicted molar refractivity (Wildman–Crippen MR) is 67.4 cm³/mol. The number of rotatable bonds is 10. The average Bonchev–Trinajstić information content (AvgIpc) is 2.44. The van der Waals surface area contributed by atoms with Crippen molar-refractivity contribution in [1.82, 2.24) is 0 Å². The molecule has 0 fully saturated rings. The van der Waals surface area contributed by atoms with E-state index in [1.165, 1.54) is 0 Å². The van der Waals surface area contributed by atoms with Gasteiger partial charge >= 0.3 is 17.1 Å². The van der Waals surface area contributed by atoms with Gasteiger partial charge in [-0.1, -0.05) is 6.92 Å². The van der Waals surface area contributed by atoms with Crippen LogP contribution in [0.1, 0.15) is 13.3 Å². The molecule has 0 aromatic rings. The Morgan fingerprint density at radius 2 is 0.808 bits per heavy atom. The molecule has 144 valence electrons. The maximum Gasteiger partial charge on any atom is 0.858 e. The van der Waals surface area contributed by atoms with Gasteiger partial charge in [0.1, 0.15) is 26.1 Å². The van der Waals surface area contributed by atoms with Crippen molar-refractivity contribution in [3.8, 4) is 0 Å². The first-order valence-corrected chi connectivity index (χ1v) is 5.68. The third-order valence-electron chi connectivity index (χ3n) is 3.42. The van der Waals surface area contributed by atoms with Crippen molar-refractivity contribution in [2.24, 2.45) is 0 Å². The largest absolute Gasteiger partial charge is 0.858 e. The van der Waals surface area contributed by atoms with Crippen LogP contribution in [0.25, 0.3) is 0 Å². The zero-order valence-corrected chi connectivity index (χ0v) is 12.1. The lowest BCUT2D eigenvalue weighted by Gasteiger charge is -2.22. The first-order valence-electron chi connectivity index (χ1n) is 5.68. The van der Waals surface area contributed by atoms with Crippen molar-refractivity contribution in [2.75, 3.05) is 0 Å². The highest BCUT2D eigenvalue weighted by Gasteiger charge is 3.18. The van der Waals surface area contributed by atoms with Gasteiger partial charge in [-0.3, -0.25) is 70.8 Å². The number of nitrogens with zero attached hydrogens (tertiary/aromatic N) is 7. The quantitative estimate of drug-likeness (QED) is 0.231. The predicted octanol–water partition coefficient (Wildman–Crippen LogP) is -1.62. The van der Waals surface area contributed by atoms with E-state index in [1.54, 1.807) is 0 Å². The minimum absolute atomic E-state index is 0.317. The molecule has 0 aromatic carbocycles. The molecular formula is C5H5N7O14. The Kier molecular flexibility index (Phi) is 5.33. The maximum atomic E-state index is 11.3. The van der Waals surface area contributed by atoms with Crippen LogP contribution in [0.15, 0.2) is 0 Å². The van der Waals surface area contributed by atoms with Gasteiger partial charge < -0.3 is 0 Å². The highest BCUT2D eigenvalue weighted by Crippen LogP contribution is 2.44. The summed E-state index contributed by atoms with van der Waals surface area (Å²) < 4.78 is 0. The van der Waals surface area contributed by atoms with Crippen LogP contribution in [-0.4, -0.2) is 51.6 Å². The van der Waals surface area contributed by atoms with Crippen molar-refractivity contribution < 1.29 is 34.5 Å². The van der Waals surface area contributed by atoms with Gasteiger partial charge in [0.15, 0.2) is 14.8 Å². The Balaban J connectivity index is 8.13. The van der Waals surface area contributed by atoms with Gasteiger partial charge in [-0.2, -0.15) is 0 Å². The topological polar surface area (TPSA) is 302 Å². The molecule has 0 unspecified atom stereocenters. The molecular weight excluding hydrogens is 382 g/mol. The van der Waals surface area contributed by atoms with Crippen LogP contribution in [0.5, 0.6) is 0 Å². The SMILES string of the molecule is CCC([N+](=O)[O-])([N+](=O)[O-])C([N+](=O)[O-])([N+](=O)[O-])C([N+](=O)[O-])([N+](=O)[O-])[N+](=O)[O-]. The number of hydrogen-bond donors (Lipinski definition) is 0. The molecule has 0 spiro atoms. The lowest BCUT2D eigenvalue weighted by Crippen LogP contribution is -2.86. The standard InChI is InChI=1S/C5H5N7O14/c1-2-3(6(13)14,7(15)16)4(8(17)18,9(19)20)5(10(21)22,11(23)24)12(25)26/h2H2,1H3. The van der Waals surface area contributed by atoms with Crippen LogP contribution in [0.3, 0.4) is 0 Å². The minimum Gasteiger partial charge on any atom is -0.258 e. The summed E-state index contributed by atoms with van der Waals surface area (Å²) in [7, 11) is 0. The fourth-order valence-corrected chi connectivity index (χ4v) is 2.28. The molecule has 0 aliphatic carbocycles. The van der Waals surface area contributed by atoms with Crippen LogP contribution in [0, 0.1) is 70.8 Å². The van der Waals surface area contributed by atoms with E-state index in [0.29, 0.717) is 6.92 Å². The second kappa shape index (κ2) is 6.36. The number of hydrogen-bond acceptors (Lipinski definition) is 14. The van der Waals surface area contributed by atoms with Crippen molar-refractivity contribution in [1.29, 1.82) is 0 Å². The van der Waals surface area contributed by atoms with Crippen LogP contribution >= 0.6 is 0 Å². The van der Waals surface area contributed by atoms with Gasteiger partial charge in [-0.05, 0) is 0 Å². The first kappa shape index (κ1) is 21.8. The van der Waals surface area contributed by atoms with Crippen LogP contribution in [-0.2, 0) is 0 Å². The second-order valence-electron chi connectivity index (χ2n) is 4.28. The fraction of sp³-hybridized carbons (Fsp3) is 1.00. The maximum absolute atomic E-state index is 11.3. The molecule has 0 atom stereocenters. The van der Waals surface area contributed by atoms with E-state index in [0.717, 1.165) is 0 Å². The van der Waals surface area contributed by atoms with Crippen molar-refractivity contribution >= 4 is 0 Å². The molecule has 0 rings (SSSR count). The molecule has 0 N–H and O–H groups in total. The molecule has 21 heteroatoms. The van der Waals surface area contributed by atoms with Crippen molar-refractivity contribution in [2.45, 2.75) is 30.5 Å². The van der Waals surface area contributed by atoms with E-state index in [-0.39, 0.29) is 0 Å². The molecule has 0 aliphatic heterocycles. The van der Waals surface area contributed by atoms with E-state index >= 15 is 0 Å². The molecule has 0 saturated carbocycles. The number of nitro groups is 7. The van der Waals surface area contributed by atoms with Crippen LogP contribution < -0.4 is 0 Å². The van der Waals surface area contributed by atoms with Gasteiger partial charge in [0.25, 0.3) is 0 Å². The normalized spacial score (nSPS) is 12.0. The lowest BCUT2D eigenvalue weighted by molar-refractivity contribution is -1.08. The third kappa shape index (κ3) is 2.02. The Hall–Kier alpha value is -4.20. The molecule has 0 aliphatic rings. The van der Waals surface area contributed by atoms with Gasteiger partial charge in [0.2, 0.25) is 0 Å². The summed E-state index contributed by atoms with van der Waals surface area (Å²) in [5.74, 6) is -5.81. The molecule has 21 nitrogen and oxygen atoms in total. The van der Waals surface area contributed by atoms with Gasteiger partial charge in [0.05, 0.1) is 0 Å². The minimum atomic E-state index is -5.81. The van der Waals surface area contributed by atoms with Crippen molar-refractivity contribution in [3.05, 3.63) is 70.8 Å². The summed E-state index contributed by atoms with van der Waals surface area (Å²) >= 11 is 0. The molecule has 0 radical (unpaired) electrons. The summed E-state index contributed by atoms with van der Waals surface area (Å²) in [6.45, 7) is 0.317. The summed E-state index contributed by atoms with van der Waals surface area (Å²) in [6, 6.07) is 0.